The molecule has 0 aromatic rings. The van der Waals surface area contributed by atoms with Gasteiger partial charge in [0.05, 0.1) is 39.9 Å². The number of nitrogens with one attached hydrogen (secondary N) is 1. The fourth-order valence-electron chi connectivity index (χ4n) is 6.56. The molecule has 0 aromatic carbocycles. The summed E-state index contributed by atoms with van der Waals surface area (Å²) >= 11 is 0. The van der Waals surface area contributed by atoms with Gasteiger partial charge < -0.3 is 24.9 Å². The second kappa shape index (κ2) is 33.8. The molecule has 0 fully saturated rings. The van der Waals surface area contributed by atoms with Crippen LogP contribution < -0.4 is 5.32 Å². The van der Waals surface area contributed by atoms with E-state index < -0.39 is 32.7 Å². The van der Waals surface area contributed by atoms with Gasteiger partial charge in [-0.2, -0.15) is 0 Å². The van der Waals surface area contributed by atoms with Crippen LogP contribution in [0.2, 0.25) is 0 Å². The summed E-state index contributed by atoms with van der Waals surface area (Å²) in [5.41, 5.74) is 0. The predicted octanol–water partition coefficient (Wildman–Crippen LogP) is 10.6. The standard InChI is InChI=1S/C42H87N2O7P/c1-7-8-9-10-11-12-13-14-15-16-17-18-19-20-25-28-31-34-41(46)43-39(37-51-52(48,49)50-36-35-44(4,5)6)42(47)40(45)33-30-27-24-22-21-23-26-29-32-38(2)3/h38-40,42,45,47H,7-37H2,1-6H3,(H-,43,46,48,49)/p+1/t39-,40+,42-/m0/s1. The van der Waals surface area contributed by atoms with Crippen LogP contribution in [0.25, 0.3) is 0 Å². The fourth-order valence-corrected chi connectivity index (χ4v) is 7.30. The molecule has 10 heteroatoms. The topological polar surface area (TPSA) is 125 Å². The highest BCUT2D eigenvalue weighted by molar-refractivity contribution is 7.47. The highest BCUT2D eigenvalue weighted by atomic mass is 31.2. The fraction of sp³-hybridized carbons (Fsp3) is 0.976. The number of hydrogen-bond acceptors (Lipinski definition) is 6. The van der Waals surface area contributed by atoms with Crippen molar-refractivity contribution in [3.8, 4) is 0 Å². The van der Waals surface area contributed by atoms with Gasteiger partial charge in [-0.3, -0.25) is 13.8 Å². The zero-order valence-electron chi connectivity index (χ0n) is 35.1. The first-order valence-electron chi connectivity index (χ1n) is 21.8. The summed E-state index contributed by atoms with van der Waals surface area (Å²) in [6, 6.07) is -1.03. The Kier molecular flexibility index (Phi) is 33.4. The average Bonchev–Trinajstić information content (AvgIpc) is 3.07. The largest absolute Gasteiger partial charge is 0.472 e. The number of phosphoric acid groups is 1. The van der Waals surface area contributed by atoms with Crippen molar-refractivity contribution in [3.05, 3.63) is 0 Å². The number of carbonyl (C=O) groups excluding carboxylic acids is 1. The first-order valence-corrected chi connectivity index (χ1v) is 23.3. The van der Waals surface area contributed by atoms with Crippen LogP contribution in [0.1, 0.15) is 201 Å². The monoisotopic (exact) mass is 764 g/mol. The number of amides is 1. The Bertz CT molecular complexity index is 855. The number of aliphatic hydroxyl groups excluding tert-OH is 2. The van der Waals surface area contributed by atoms with E-state index in [9.17, 15) is 24.5 Å². The van der Waals surface area contributed by atoms with Crippen molar-refractivity contribution in [3.63, 3.8) is 0 Å². The highest BCUT2D eigenvalue weighted by Gasteiger charge is 2.31. The van der Waals surface area contributed by atoms with Gasteiger partial charge in [-0.15, -0.1) is 0 Å². The van der Waals surface area contributed by atoms with E-state index in [1.54, 1.807) is 0 Å². The normalized spacial score (nSPS) is 15.1. The molecule has 0 aliphatic rings. The van der Waals surface area contributed by atoms with E-state index in [0.717, 1.165) is 44.4 Å². The molecule has 4 N–H and O–H groups in total. The van der Waals surface area contributed by atoms with Gasteiger partial charge in [0, 0.05) is 6.42 Å². The summed E-state index contributed by atoms with van der Waals surface area (Å²) < 4.78 is 23.5. The number of carbonyl (C=O) groups is 1. The lowest BCUT2D eigenvalue weighted by atomic mass is 9.99. The van der Waals surface area contributed by atoms with Gasteiger partial charge in [0.25, 0.3) is 0 Å². The molecule has 0 saturated heterocycles. The third-order valence-corrected chi connectivity index (χ3v) is 11.1. The van der Waals surface area contributed by atoms with E-state index in [1.165, 1.54) is 128 Å². The van der Waals surface area contributed by atoms with Crippen LogP contribution in [-0.2, 0) is 18.4 Å². The number of unbranched alkanes of at least 4 members (excludes halogenated alkanes) is 23. The van der Waals surface area contributed by atoms with Gasteiger partial charge in [0.15, 0.2) is 0 Å². The molecular weight excluding hydrogens is 675 g/mol. The van der Waals surface area contributed by atoms with Crippen molar-refractivity contribution in [2.45, 2.75) is 219 Å². The van der Waals surface area contributed by atoms with E-state index in [4.69, 9.17) is 9.05 Å². The molecule has 4 atom stereocenters. The van der Waals surface area contributed by atoms with Crippen LogP contribution in [0, 0.1) is 5.92 Å². The van der Waals surface area contributed by atoms with E-state index in [0.29, 0.717) is 23.9 Å². The Morgan fingerprint density at radius 2 is 1.04 bits per heavy atom. The lowest BCUT2D eigenvalue weighted by Crippen LogP contribution is -2.51. The lowest BCUT2D eigenvalue weighted by Gasteiger charge is -2.28. The van der Waals surface area contributed by atoms with Crippen LogP contribution >= 0.6 is 7.82 Å². The predicted molar refractivity (Wildman–Crippen MR) is 218 cm³/mol. The van der Waals surface area contributed by atoms with E-state index >= 15 is 0 Å². The van der Waals surface area contributed by atoms with Crippen LogP contribution in [0.15, 0.2) is 0 Å². The van der Waals surface area contributed by atoms with Gasteiger partial charge in [0.2, 0.25) is 5.91 Å². The maximum absolute atomic E-state index is 12.9. The summed E-state index contributed by atoms with van der Waals surface area (Å²) in [6.07, 6.45) is 30.2. The van der Waals surface area contributed by atoms with Gasteiger partial charge in [-0.05, 0) is 18.8 Å². The minimum Gasteiger partial charge on any atom is -0.390 e. The molecule has 0 aromatic heterocycles. The molecule has 0 heterocycles. The summed E-state index contributed by atoms with van der Waals surface area (Å²) in [6.45, 7) is 6.91. The molecule has 0 rings (SSSR count). The van der Waals surface area contributed by atoms with Gasteiger partial charge in [-0.25, -0.2) is 4.57 Å². The second-order valence-corrected chi connectivity index (χ2v) is 18.5. The smallest absolute Gasteiger partial charge is 0.390 e. The molecule has 0 radical (unpaired) electrons. The number of aliphatic hydroxyl groups is 2. The van der Waals surface area contributed by atoms with Gasteiger partial charge in [0.1, 0.15) is 19.3 Å². The van der Waals surface area contributed by atoms with Crippen molar-refractivity contribution in [2.75, 3.05) is 40.9 Å². The van der Waals surface area contributed by atoms with Gasteiger partial charge >= 0.3 is 7.82 Å². The lowest BCUT2D eigenvalue weighted by molar-refractivity contribution is -0.870. The third-order valence-electron chi connectivity index (χ3n) is 10.1. The molecule has 0 aliphatic carbocycles. The quantitative estimate of drug-likeness (QED) is 0.0279. The minimum atomic E-state index is -4.41. The number of likely N-dealkylation sites (N-methyl/N-ethyl adjacent to an activating group) is 1. The molecule has 0 bridgehead atoms. The van der Waals surface area contributed by atoms with E-state index in [2.05, 4.69) is 26.1 Å². The van der Waals surface area contributed by atoms with Crippen molar-refractivity contribution >= 4 is 13.7 Å². The third kappa shape index (κ3) is 35.2. The Morgan fingerprint density at radius 3 is 1.46 bits per heavy atom. The molecule has 0 saturated carbocycles. The number of nitrogens with zero attached hydrogens (tertiary/aromatic N) is 1. The summed E-state index contributed by atoms with van der Waals surface area (Å²) in [4.78, 5) is 23.1. The number of quaternary nitrogens is 1. The average molecular weight is 764 g/mol. The van der Waals surface area contributed by atoms with Gasteiger partial charge in [-0.1, -0.05) is 181 Å². The van der Waals surface area contributed by atoms with Crippen molar-refractivity contribution in [1.29, 1.82) is 0 Å². The summed E-state index contributed by atoms with van der Waals surface area (Å²) in [5.74, 6) is 0.516. The van der Waals surface area contributed by atoms with Crippen LogP contribution in [0.4, 0.5) is 0 Å². The highest BCUT2D eigenvalue weighted by Crippen LogP contribution is 2.43. The first kappa shape index (κ1) is 51.5. The maximum Gasteiger partial charge on any atom is 0.472 e. The Morgan fingerprint density at radius 1 is 0.635 bits per heavy atom. The zero-order chi connectivity index (χ0) is 38.9. The van der Waals surface area contributed by atoms with Crippen molar-refractivity contribution in [1.82, 2.24) is 5.32 Å². The first-order chi connectivity index (χ1) is 24.8. The summed E-state index contributed by atoms with van der Waals surface area (Å²) in [7, 11) is 1.44. The maximum atomic E-state index is 12.9. The molecule has 312 valence electrons. The molecule has 0 aliphatic heterocycles. The Balaban J connectivity index is 4.46. The minimum absolute atomic E-state index is 0.0245. The molecule has 1 amide bonds. The number of phosphoric ester groups is 1. The van der Waals surface area contributed by atoms with Crippen LogP contribution in [0.3, 0.4) is 0 Å². The molecule has 0 spiro atoms. The van der Waals surface area contributed by atoms with E-state index in [1.807, 2.05) is 21.1 Å². The SMILES string of the molecule is CCCCCCCCCCCCCCCCCCCC(=O)N[C@@H](COP(=O)(O)OCC[N+](C)(C)C)[C@H](O)[C@H](O)CCCCCCCCCCC(C)C. The van der Waals surface area contributed by atoms with Crippen molar-refractivity contribution < 1.29 is 38.0 Å². The molecular formula is C42H88N2O7P+. The Labute approximate surface area is 322 Å². The van der Waals surface area contributed by atoms with Crippen molar-refractivity contribution in [2.24, 2.45) is 5.92 Å². The van der Waals surface area contributed by atoms with E-state index in [-0.39, 0.29) is 12.5 Å². The Hall–Kier alpha value is -0.540. The zero-order valence-corrected chi connectivity index (χ0v) is 36.0. The molecule has 9 nitrogen and oxygen atoms in total. The number of rotatable bonds is 39. The van der Waals surface area contributed by atoms with Crippen LogP contribution in [0.5, 0.6) is 0 Å². The molecule has 1 unspecified atom stereocenters. The molecule has 52 heavy (non-hydrogen) atoms. The summed E-state index contributed by atoms with van der Waals surface area (Å²) in [5, 5.41) is 24.6. The number of hydrogen-bond donors (Lipinski definition) is 4. The van der Waals surface area contributed by atoms with Crippen LogP contribution in [-0.4, -0.2) is 84.6 Å². The second-order valence-electron chi connectivity index (χ2n) is 17.0.